The molecule has 2 aromatic rings. The number of ether oxygens (including phenoxy) is 1. The first-order valence-corrected chi connectivity index (χ1v) is 8.82. The van der Waals surface area contributed by atoms with Crippen molar-refractivity contribution in [2.75, 3.05) is 26.7 Å². The molecule has 0 bridgehead atoms. The molecule has 2 aliphatic rings. The molecule has 2 aromatic heterocycles. The SMILES string of the molecule is CNC(=O)c1cc(-c2cc(C3CNCC4COC(=O)N43)cc(Cl)n2)ncn1. The highest BCUT2D eigenvalue weighted by atomic mass is 35.5. The molecule has 2 unspecified atom stereocenters. The quantitative estimate of drug-likeness (QED) is 0.755. The number of piperazine rings is 1. The first kappa shape index (κ1) is 17.6. The van der Waals surface area contributed by atoms with E-state index in [0.29, 0.717) is 31.1 Å². The van der Waals surface area contributed by atoms with Crippen LogP contribution in [0.2, 0.25) is 5.15 Å². The Morgan fingerprint density at radius 1 is 1.30 bits per heavy atom. The number of nitrogens with one attached hydrogen (secondary N) is 2. The summed E-state index contributed by atoms with van der Waals surface area (Å²) in [4.78, 5) is 38.2. The summed E-state index contributed by atoms with van der Waals surface area (Å²) in [5.41, 5.74) is 2.02. The summed E-state index contributed by atoms with van der Waals surface area (Å²) in [7, 11) is 1.53. The average molecular weight is 389 g/mol. The summed E-state index contributed by atoms with van der Waals surface area (Å²) < 4.78 is 5.18. The van der Waals surface area contributed by atoms with Crippen molar-refractivity contribution in [3.63, 3.8) is 0 Å². The summed E-state index contributed by atoms with van der Waals surface area (Å²) in [6.45, 7) is 1.64. The molecule has 2 aliphatic heterocycles. The fraction of sp³-hybridized carbons (Fsp3) is 0.353. The molecule has 2 saturated heterocycles. The van der Waals surface area contributed by atoms with Crippen LogP contribution in [0.3, 0.4) is 0 Å². The van der Waals surface area contributed by atoms with E-state index in [2.05, 4.69) is 25.6 Å². The van der Waals surface area contributed by atoms with Gasteiger partial charge in [-0.1, -0.05) is 11.6 Å². The van der Waals surface area contributed by atoms with Crippen molar-refractivity contribution in [1.82, 2.24) is 30.5 Å². The summed E-state index contributed by atoms with van der Waals surface area (Å²) in [5.74, 6) is -0.319. The number of aromatic nitrogens is 3. The molecule has 2 amide bonds. The second-order valence-electron chi connectivity index (χ2n) is 6.29. The van der Waals surface area contributed by atoms with E-state index in [1.54, 1.807) is 17.0 Å². The van der Waals surface area contributed by atoms with Crippen LogP contribution < -0.4 is 10.6 Å². The van der Waals surface area contributed by atoms with E-state index in [9.17, 15) is 9.59 Å². The zero-order valence-corrected chi connectivity index (χ0v) is 15.2. The Morgan fingerprint density at radius 3 is 2.96 bits per heavy atom. The van der Waals surface area contributed by atoms with E-state index in [0.717, 1.165) is 5.56 Å². The minimum Gasteiger partial charge on any atom is -0.447 e. The van der Waals surface area contributed by atoms with Gasteiger partial charge in [0.15, 0.2) is 0 Å². The first-order chi connectivity index (χ1) is 13.1. The van der Waals surface area contributed by atoms with Gasteiger partial charge in [-0.25, -0.2) is 19.7 Å². The molecular weight excluding hydrogens is 372 g/mol. The minimum atomic E-state index is -0.329. The maximum absolute atomic E-state index is 12.1. The lowest BCUT2D eigenvalue weighted by atomic mass is 10.0. The van der Waals surface area contributed by atoms with E-state index < -0.39 is 0 Å². The standard InChI is InChI=1S/C17H17ClN6O3/c1-19-16(25)13-4-11(21-8-22-13)12-2-9(3-15(18)23-12)14-6-20-5-10-7-27-17(26)24(10)14/h2-4,8,10,14,20H,5-7H2,1H3,(H,19,25). The van der Waals surface area contributed by atoms with Gasteiger partial charge in [0.1, 0.15) is 23.8 Å². The van der Waals surface area contributed by atoms with Gasteiger partial charge in [-0.2, -0.15) is 0 Å². The Labute approximate surface area is 160 Å². The predicted octanol–water partition coefficient (Wildman–Crippen LogP) is 1.02. The first-order valence-electron chi connectivity index (χ1n) is 8.44. The number of carbonyl (C=O) groups is 2. The molecule has 9 nitrogen and oxygen atoms in total. The molecule has 4 rings (SSSR count). The van der Waals surface area contributed by atoms with Gasteiger partial charge in [0.25, 0.3) is 5.91 Å². The van der Waals surface area contributed by atoms with E-state index in [4.69, 9.17) is 16.3 Å². The van der Waals surface area contributed by atoms with Gasteiger partial charge in [0, 0.05) is 20.1 Å². The van der Waals surface area contributed by atoms with Crippen LogP contribution in [0, 0.1) is 0 Å². The zero-order chi connectivity index (χ0) is 19.0. The molecule has 2 atom stereocenters. The van der Waals surface area contributed by atoms with Gasteiger partial charge in [0.05, 0.1) is 23.5 Å². The van der Waals surface area contributed by atoms with Crippen LogP contribution in [0.5, 0.6) is 0 Å². The van der Waals surface area contributed by atoms with Crippen LogP contribution >= 0.6 is 11.6 Å². The molecule has 0 spiro atoms. The monoisotopic (exact) mass is 388 g/mol. The normalized spacial score (nSPS) is 21.6. The Bertz CT molecular complexity index is 908. The molecular formula is C17H17ClN6O3. The van der Waals surface area contributed by atoms with Crippen molar-refractivity contribution in [3.05, 3.63) is 40.9 Å². The molecule has 27 heavy (non-hydrogen) atoms. The second kappa shape index (κ2) is 7.09. The largest absolute Gasteiger partial charge is 0.447 e. The lowest BCUT2D eigenvalue weighted by Crippen LogP contribution is -2.51. The van der Waals surface area contributed by atoms with Crippen molar-refractivity contribution in [1.29, 1.82) is 0 Å². The highest BCUT2D eigenvalue weighted by Crippen LogP contribution is 2.32. The molecule has 0 radical (unpaired) electrons. The number of nitrogens with zero attached hydrogens (tertiary/aromatic N) is 4. The van der Waals surface area contributed by atoms with E-state index in [-0.39, 0.29) is 34.9 Å². The lowest BCUT2D eigenvalue weighted by molar-refractivity contribution is 0.0958. The summed E-state index contributed by atoms with van der Waals surface area (Å²) >= 11 is 6.24. The van der Waals surface area contributed by atoms with Crippen LogP contribution in [-0.4, -0.2) is 64.6 Å². The Balaban J connectivity index is 1.72. The highest BCUT2D eigenvalue weighted by Gasteiger charge is 2.41. The number of halogens is 1. The Kier molecular flexibility index (Phi) is 4.63. The molecule has 0 saturated carbocycles. The maximum Gasteiger partial charge on any atom is 0.410 e. The smallest absolute Gasteiger partial charge is 0.410 e. The number of hydrogen-bond acceptors (Lipinski definition) is 7. The lowest BCUT2D eigenvalue weighted by Gasteiger charge is -2.36. The van der Waals surface area contributed by atoms with Crippen LogP contribution in [0.15, 0.2) is 24.5 Å². The molecule has 0 aliphatic carbocycles. The third-order valence-corrected chi connectivity index (χ3v) is 4.84. The number of pyridine rings is 1. The molecule has 2 fully saturated rings. The summed E-state index contributed by atoms with van der Waals surface area (Å²) in [6.07, 6.45) is 0.975. The number of amides is 2. The van der Waals surface area contributed by atoms with Crippen molar-refractivity contribution in [2.45, 2.75) is 12.1 Å². The number of carbonyl (C=O) groups excluding carboxylic acids is 2. The van der Waals surface area contributed by atoms with Crippen LogP contribution in [-0.2, 0) is 4.74 Å². The maximum atomic E-state index is 12.1. The summed E-state index contributed by atoms with van der Waals surface area (Å²) in [6, 6.07) is 4.87. The molecule has 2 N–H and O–H groups in total. The van der Waals surface area contributed by atoms with Gasteiger partial charge in [0.2, 0.25) is 0 Å². The molecule has 140 valence electrons. The highest BCUT2D eigenvalue weighted by molar-refractivity contribution is 6.29. The van der Waals surface area contributed by atoms with Crippen molar-refractivity contribution in [2.24, 2.45) is 0 Å². The molecule has 4 heterocycles. The van der Waals surface area contributed by atoms with Gasteiger partial charge >= 0.3 is 6.09 Å². The Hall–Kier alpha value is -2.78. The van der Waals surface area contributed by atoms with Gasteiger partial charge in [-0.3, -0.25) is 9.69 Å². The number of hydrogen-bond donors (Lipinski definition) is 2. The number of fused-ring (bicyclic) bond motifs is 1. The average Bonchev–Trinajstić information content (AvgIpc) is 3.08. The number of cyclic esters (lactones) is 1. The van der Waals surface area contributed by atoms with E-state index in [1.807, 2.05) is 6.07 Å². The van der Waals surface area contributed by atoms with Crippen LogP contribution in [0.4, 0.5) is 4.79 Å². The van der Waals surface area contributed by atoms with Gasteiger partial charge < -0.3 is 15.4 Å². The summed E-state index contributed by atoms with van der Waals surface area (Å²) in [5, 5.41) is 6.12. The van der Waals surface area contributed by atoms with Crippen molar-refractivity contribution in [3.8, 4) is 11.4 Å². The second-order valence-corrected chi connectivity index (χ2v) is 6.68. The fourth-order valence-corrected chi connectivity index (χ4v) is 3.58. The fourth-order valence-electron chi connectivity index (χ4n) is 3.36. The van der Waals surface area contributed by atoms with Crippen molar-refractivity contribution >= 4 is 23.6 Å². The van der Waals surface area contributed by atoms with E-state index in [1.165, 1.54) is 13.4 Å². The zero-order valence-electron chi connectivity index (χ0n) is 14.5. The van der Waals surface area contributed by atoms with Crippen LogP contribution in [0.25, 0.3) is 11.4 Å². The topological polar surface area (TPSA) is 109 Å². The van der Waals surface area contributed by atoms with Crippen molar-refractivity contribution < 1.29 is 14.3 Å². The van der Waals surface area contributed by atoms with Gasteiger partial charge in [-0.15, -0.1) is 0 Å². The van der Waals surface area contributed by atoms with Crippen LogP contribution in [0.1, 0.15) is 22.1 Å². The molecule has 0 aromatic carbocycles. The van der Waals surface area contributed by atoms with E-state index >= 15 is 0 Å². The Morgan fingerprint density at radius 2 is 2.15 bits per heavy atom. The minimum absolute atomic E-state index is 0.00876. The molecule has 10 heteroatoms. The third-order valence-electron chi connectivity index (χ3n) is 4.65. The number of rotatable bonds is 3. The van der Waals surface area contributed by atoms with Gasteiger partial charge in [-0.05, 0) is 23.8 Å². The third kappa shape index (κ3) is 3.31. The predicted molar refractivity (Wildman–Crippen MR) is 96.2 cm³/mol.